The summed E-state index contributed by atoms with van der Waals surface area (Å²) in [6, 6.07) is 10.3. The van der Waals surface area contributed by atoms with Gasteiger partial charge < -0.3 is 10.2 Å². The molecule has 0 radical (unpaired) electrons. The topological polar surface area (TPSA) is 66.5 Å². The van der Waals surface area contributed by atoms with Gasteiger partial charge in [0, 0.05) is 31.7 Å². The number of amides is 1. The van der Waals surface area contributed by atoms with E-state index < -0.39 is 9.84 Å². The molecule has 5 nitrogen and oxygen atoms in total. The molecule has 2 fully saturated rings. The molecule has 3 rings (SSSR count). The van der Waals surface area contributed by atoms with Crippen molar-refractivity contribution in [2.75, 3.05) is 30.3 Å². The van der Waals surface area contributed by atoms with Gasteiger partial charge in [0.25, 0.3) is 0 Å². The molecule has 1 aliphatic heterocycles. The third kappa shape index (κ3) is 4.97. The zero-order chi connectivity index (χ0) is 17.7. The van der Waals surface area contributed by atoms with Crippen molar-refractivity contribution >= 4 is 21.4 Å². The van der Waals surface area contributed by atoms with Crippen molar-refractivity contribution in [1.82, 2.24) is 5.32 Å². The Balaban J connectivity index is 1.38. The van der Waals surface area contributed by atoms with Crippen LogP contribution in [0, 0.1) is 5.92 Å². The second kappa shape index (κ2) is 8.21. The largest absolute Gasteiger partial charge is 0.371 e. The predicted molar refractivity (Wildman–Crippen MR) is 100 cm³/mol. The lowest BCUT2D eigenvalue weighted by molar-refractivity contribution is -0.120. The first kappa shape index (κ1) is 18.2. The van der Waals surface area contributed by atoms with E-state index in [4.69, 9.17) is 0 Å². The Morgan fingerprint density at radius 3 is 2.56 bits per heavy atom. The minimum absolute atomic E-state index is 0.00962. The Morgan fingerprint density at radius 1 is 1.12 bits per heavy atom. The fraction of sp³-hybridized carbons (Fsp3) is 0.632. The number of para-hydroxylation sites is 1. The lowest BCUT2D eigenvalue weighted by Crippen LogP contribution is -2.33. The molecular formula is C19H28N2O3S. The van der Waals surface area contributed by atoms with Gasteiger partial charge in [-0.2, -0.15) is 0 Å². The third-order valence-corrected chi connectivity index (χ3v) is 7.68. The number of nitrogens with one attached hydrogen (secondary N) is 1. The Hall–Kier alpha value is -1.56. The van der Waals surface area contributed by atoms with Crippen LogP contribution in [-0.4, -0.2) is 45.0 Å². The first-order chi connectivity index (χ1) is 12.0. The number of hydrogen-bond donors (Lipinski definition) is 1. The van der Waals surface area contributed by atoms with E-state index in [-0.39, 0.29) is 23.3 Å². The van der Waals surface area contributed by atoms with E-state index in [2.05, 4.69) is 22.3 Å². The summed E-state index contributed by atoms with van der Waals surface area (Å²) in [5.74, 6) is 0.278. The smallest absolute Gasteiger partial charge is 0.221 e. The summed E-state index contributed by atoms with van der Waals surface area (Å²) in [4.78, 5) is 14.4. The summed E-state index contributed by atoms with van der Waals surface area (Å²) in [5.41, 5.74) is 1.22. The molecule has 1 N–H and O–H groups in total. The molecular weight excluding hydrogens is 336 g/mol. The van der Waals surface area contributed by atoms with Gasteiger partial charge in [-0.3, -0.25) is 4.79 Å². The van der Waals surface area contributed by atoms with E-state index in [0.29, 0.717) is 12.5 Å². The maximum absolute atomic E-state index is 12.2. The van der Waals surface area contributed by atoms with Gasteiger partial charge >= 0.3 is 0 Å². The first-order valence-electron chi connectivity index (χ1n) is 9.33. The summed E-state index contributed by atoms with van der Waals surface area (Å²) in [7, 11) is -3.11. The van der Waals surface area contributed by atoms with Crippen LogP contribution in [0.1, 0.15) is 38.5 Å². The van der Waals surface area contributed by atoms with Gasteiger partial charge in [0.15, 0.2) is 9.84 Å². The first-order valence-corrected chi connectivity index (χ1v) is 11.0. The summed E-state index contributed by atoms with van der Waals surface area (Å²) < 4.78 is 24.4. The van der Waals surface area contributed by atoms with Gasteiger partial charge in [-0.25, -0.2) is 8.42 Å². The molecule has 1 atom stereocenters. The van der Waals surface area contributed by atoms with Gasteiger partial charge in [-0.1, -0.05) is 31.0 Å². The Kier molecular flexibility index (Phi) is 5.99. The van der Waals surface area contributed by atoms with Crippen LogP contribution < -0.4 is 10.2 Å². The molecule has 1 saturated carbocycles. The number of hydrogen-bond acceptors (Lipinski definition) is 4. The molecule has 138 valence electrons. The Morgan fingerprint density at radius 2 is 1.84 bits per heavy atom. The maximum Gasteiger partial charge on any atom is 0.221 e. The monoisotopic (exact) mass is 364 g/mol. The fourth-order valence-corrected chi connectivity index (χ4v) is 5.72. The number of carbonyl (C=O) groups is 1. The average Bonchev–Trinajstić information content (AvgIpc) is 3.31. The van der Waals surface area contributed by atoms with E-state index >= 15 is 0 Å². The summed E-state index contributed by atoms with van der Waals surface area (Å²) >= 11 is 0. The highest BCUT2D eigenvalue weighted by atomic mass is 32.2. The molecule has 1 amide bonds. The second-order valence-electron chi connectivity index (χ2n) is 7.26. The van der Waals surface area contributed by atoms with Gasteiger partial charge in [-0.15, -0.1) is 0 Å². The van der Waals surface area contributed by atoms with Crippen molar-refractivity contribution in [2.45, 2.75) is 43.8 Å². The average molecular weight is 365 g/mol. The Bertz CT molecular complexity index is 669. The van der Waals surface area contributed by atoms with Crippen LogP contribution in [0.15, 0.2) is 30.3 Å². The van der Waals surface area contributed by atoms with Gasteiger partial charge in [0.2, 0.25) is 5.91 Å². The highest BCUT2D eigenvalue weighted by Gasteiger charge is 2.29. The maximum atomic E-state index is 12.2. The number of sulfone groups is 1. The molecule has 2 aliphatic rings. The summed E-state index contributed by atoms with van der Waals surface area (Å²) in [6.07, 6.45) is 4.66. The summed E-state index contributed by atoms with van der Waals surface area (Å²) in [6.45, 7) is 2.57. The zero-order valence-corrected chi connectivity index (χ0v) is 15.5. The van der Waals surface area contributed by atoms with Gasteiger partial charge in [0.1, 0.15) is 0 Å². The van der Waals surface area contributed by atoms with Crippen molar-refractivity contribution in [1.29, 1.82) is 0 Å². The van der Waals surface area contributed by atoms with Gasteiger partial charge in [-0.05, 0) is 37.3 Å². The molecule has 0 aromatic heterocycles. The van der Waals surface area contributed by atoms with Gasteiger partial charge in [0.05, 0.1) is 11.0 Å². The second-order valence-corrected chi connectivity index (χ2v) is 9.66. The van der Waals surface area contributed by atoms with Crippen LogP contribution in [0.5, 0.6) is 0 Å². The minimum atomic E-state index is -3.11. The van der Waals surface area contributed by atoms with Crippen molar-refractivity contribution in [2.24, 2.45) is 5.92 Å². The highest BCUT2D eigenvalue weighted by Crippen LogP contribution is 2.25. The number of anilines is 1. The standard InChI is InChI=1S/C19H28N2O3S/c22-19(11-13-25(23,24)18-8-4-5-9-18)20-14-16-10-12-21(15-16)17-6-2-1-3-7-17/h1-3,6-7,16,18H,4-5,8-15H2,(H,20,22). The Labute approximate surface area is 150 Å². The fourth-order valence-electron chi connectivity index (χ4n) is 3.87. The lowest BCUT2D eigenvalue weighted by atomic mass is 10.1. The van der Waals surface area contributed by atoms with Crippen LogP contribution >= 0.6 is 0 Å². The van der Waals surface area contributed by atoms with Crippen LogP contribution in [0.4, 0.5) is 5.69 Å². The van der Waals surface area contributed by atoms with Crippen molar-refractivity contribution in [3.8, 4) is 0 Å². The van der Waals surface area contributed by atoms with Crippen LogP contribution in [-0.2, 0) is 14.6 Å². The minimum Gasteiger partial charge on any atom is -0.371 e. The van der Waals surface area contributed by atoms with E-state index in [9.17, 15) is 13.2 Å². The predicted octanol–water partition coefficient (Wildman–Crippen LogP) is 2.38. The van der Waals surface area contributed by atoms with Crippen LogP contribution in [0.25, 0.3) is 0 Å². The highest BCUT2D eigenvalue weighted by molar-refractivity contribution is 7.92. The molecule has 1 aromatic rings. The number of rotatable bonds is 7. The molecule has 1 saturated heterocycles. The quantitative estimate of drug-likeness (QED) is 0.807. The van der Waals surface area contributed by atoms with Crippen LogP contribution in [0.2, 0.25) is 0 Å². The zero-order valence-electron chi connectivity index (χ0n) is 14.7. The number of benzene rings is 1. The summed E-state index contributed by atoms with van der Waals surface area (Å²) in [5, 5.41) is 2.72. The molecule has 6 heteroatoms. The van der Waals surface area contributed by atoms with Crippen LogP contribution in [0.3, 0.4) is 0 Å². The number of carbonyl (C=O) groups excluding carboxylic acids is 1. The lowest BCUT2D eigenvalue weighted by Gasteiger charge is -2.18. The molecule has 0 spiro atoms. The van der Waals surface area contributed by atoms with Crippen molar-refractivity contribution in [3.05, 3.63) is 30.3 Å². The SMILES string of the molecule is O=C(CCS(=O)(=O)C1CCCC1)NCC1CCN(c2ccccc2)C1. The molecule has 1 aliphatic carbocycles. The number of nitrogens with zero attached hydrogens (tertiary/aromatic N) is 1. The van der Waals surface area contributed by atoms with Crippen molar-refractivity contribution < 1.29 is 13.2 Å². The molecule has 25 heavy (non-hydrogen) atoms. The van der Waals surface area contributed by atoms with E-state index in [0.717, 1.165) is 45.2 Å². The molecule has 1 heterocycles. The van der Waals surface area contributed by atoms with E-state index in [1.165, 1.54) is 5.69 Å². The molecule has 1 aromatic carbocycles. The van der Waals surface area contributed by atoms with Crippen molar-refractivity contribution in [3.63, 3.8) is 0 Å². The normalized spacial score (nSPS) is 21.6. The third-order valence-electron chi connectivity index (χ3n) is 5.42. The van der Waals surface area contributed by atoms with E-state index in [1.807, 2.05) is 18.2 Å². The molecule has 1 unspecified atom stereocenters. The molecule has 0 bridgehead atoms. The van der Waals surface area contributed by atoms with E-state index in [1.54, 1.807) is 0 Å².